The van der Waals surface area contributed by atoms with Crippen molar-refractivity contribution in [3.63, 3.8) is 0 Å². The lowest BCUT2D eigenvalue weighted by Crippen LogP contribution is -2.47. The Kier molecular flexibility index (Phi) is 3.71. The van der Waals surface area contributed by atoms with E-state index in [0.29, 0.717) is 17.7 Å². The van der Waals surface area contributed by atoms with Crippen LogP contribution in [0.3, 0.4) is 0 Å². The number of nitrogens with one attached hydrogen (secondary N) is 1. The molecule has 0 radical (unpaired) electrons. The third-order valence-corrected chi connectivity index (χ3v) is 4.81. The van der Waals surface area contributed by atoms with Crippen LogP contribution in [-0.4, -0.2) is 23.5 Å². The minimum atomic E-state index is -0.797. The summed E-state index contributed by atoms with van der Waals surface area (Å²) < 4.78 is 0. The van der Waals surface area contributed by atoms with Gasteiger partial charge in [0.25, 0.3) is 5.91 Å². The van der Waals surface area contributed by atoms with Crippen LogP contribution in [0.25, 0.3) is 0 Å². The Morgan fingerprint density at radius 3 is 2.61 bits per heavy atom. The van der Waals surface area contributed by atoms with E-state index in [2.05, 4.69) is 5.32 Å². The molecule has 4 nitrogen and oxygen atoms in total. The minimum absolute atomic E-state index is 0.160. The van der Waals surface area contributed by atoms with Crippen molar-refractivity contribution < 1.29 is 14.7 Å². The van der Waals surface area contributed by atoms with Crippen molar-refractivity contribution >= 4 is 23.2 Å². The highest BCUT2D eigenvalue weighted by atomic mass is 32.1. The maximum absolute atomic E-state index is 11.9. The molecule has 5 heteroatoms. The van der Waals surface area contributed by atoms with Crippen LogP contribution in [0.2, 0.25) is 0 Å². The predicted octanol–water partition coefficient (Wildman–Crippen LogP) is 2.30. The Balaban J connectivity index is 1.94. The third-order valence-electron chi connectivity index (χ3n) is 3.59. The predicted molar refractivity (Wildman–Crippen MR) is 70.0 cm³/mol. The average molecular weight is 267 g/mol. The second-order valence-corrected chi connectivity index (χ2v) is 5.91. The Labute approximate surface area is 110 Å². The molecule has 0 aliphatic heterocycles. The number of hydrogen-bond acceptors (Lipinski definition) is 3. The summed E-state index contributed by atoms with van der Waals surface area (Å²) in [6.07, 6.45) is 3.17. The molecule has 0 saturated heterocycles. The van der Waals surface area contributed by atoms with Crippen molar-refractivity contribution in [2.24, 2.45) is 5.41 Å². The molecule has 1 aromatic heterocycles. The first kappa shape index (κ1) is 13.1. The number of carboxylic acids is 1. The highest BCUT2D eigenvalue weighted by Crippen LogP contribution is 2.40. The number of carboxylic acid groups (broad SMARTS) is 1. The van der Waals surface area contributed by atoms with Gasteiger partial charge in [-0.1, -0.05) is 13.3 Å². The Morgan fingerprint density at radius 1 is 1.44 bits per heavy atom. The number of thiophene rings is 1. The first-order chi connectivity index (χ1) is 8.57. The zero-order chi connectivity index (χ0) is 13.2. The van der Waals surface area contributed by atoms with Gasteiger partial charge < -0.3 is 10.4 Å². The number of aryl methyl sites for hydroxylation is 1. The molecule has 1 aromatic rings. The maximum Gasteiger partial charge on any atom is 0.311 e. The second kappa shape index (κ2) is 5.10. The van der Waals surface area contributed by atoms with Gasteiger partial charge in [-0.3, -0.25) is 9.59 Å². The highest BCUT2D eigenvalue weighted by molar-refractivity contribution is 7.14. The van der Waals surface area contributed by atoms with Gasteiger partial charge in [0, 0.05) is 11.4 Å². The molecule has 2 N–H and O–H groups in total. The van der Waals surface area contributed by atoms with Gasteiger partial charge in [-0.2, -0.15) is 0 Å². The van der Waals surface area contributed by atoms with Gasteiger partial charge in [0.15, 0.2) is 0 Å². The van der Waals surface area contributed by atoms with Crippen molar-refractivity contribution in [1.29, 1.82) is 0 Å². The molecule has 1 amide bonds. The fourth-order valence-electron chi connectivity index (χ4n) is 2.10. The SMILES string of the molecule is CCc1ccc(C(=O)NCC2(C(=O)O)CCC2)s1. The van der Waals surface area contributed by atoms with Crippen LogP contribution in [0.5, 0.6) is 0 Å². The summed E-state index contributed by atoms with van der Waals surface area (Å²) >= 11 is 1.47. The smallest absolute Gasteiger partial charge is 0.311 e. The van der Waals surface area contributed by atoms with Gasteiger partial charge >= 0.3 is 5.97 Å². The van der Waals surface area contributed by atoms with E-state index in [1.807, 2.05) is 13.0 Å². The van der Waals surface area contributed by atoms with Crippen LogP contribution in [0.15, 0.2) is 12.1 Å². The lowest BCUT2D eigenvalue weighted by atomic mass is 9.69. The van der Waals surface area contributed by atoms with E-state index in [9.17, 15) is 9.59 Å². The second-order valence-electron chi connectivity index (χ2n) is 4.74. The zero-order valence-corrected chi connectivity index (χ0v) is 11.2. The number of hydrogen-bond donors (Lipinski definition) is 2. The number of amides is 1. The van der Waals surface area contributed by atoms with Crippen molar-refractivity contribution in [2.45, 2.75) is 32.6 Å². The molecule has 18 heavy (non-hydrogen) atoms. The lowest BCUT2D eigenvalue weighted by Gasteiger charge is -2.37. The van der Waals surface area contributed by atoms with Crippen molar-refractivity contribution in [3.05, 3.63) is 21.9 Å². The van der Waals surface area contributed by atoms with E-state index in [1.54, 1.807) is 6.07 Å². The van der Waals surface area contributed by atoms with Crippen molar-refractivity contribution in [2.75, 3.05) is 6.54 Å². The summed E-state index contributed by atoms with van der Waals surface area (Å²) in [6.45, 7) is 2.28. The van der Waals surface area contributed by atoms with Crippen LogP contribution >= 0.6 is 11.3 Å². The largest absolute Gasteiger partial charge is 0.481 e. The van der Waals surface area contributed by atoms with Crippen molar-refractivity contribution in [3.8, 4) is 0 Å². The molecule has 1 saturated carbocycles. The summed E-state index contributed by atoms with van der Waals surface area (Å²) in [5, 5.41) is 11.9. The molecule has 98 valence electrons. The molecule has 2 rings (SSSR count). The van der Waals surface area contributed by atoms with Crippen LogP contribution in [0, 0.1) is 5.41 Å². The molecule has 0 bridgehead atoms. The first-order valence-electron chi connectivity index (χ1n) is 6.18. The molecule has 0 spiro atoms. The van der Waals surface area contributed by atoms with E-state index in [1.165, 1.54) is 11.3 Å². The average Bonchev–Trinajstić information content (AvgIpc) is 2.75. The topological polar surface area (TPSA) is 66.4 Å². The zero-order valence-electron chi connectivity index (χ0n) is 10.4. The fraction of sp³-hybridized carbons (Fsp3) is 0.538. The quantitative estimate of drug-likeness (QED) is 0.860. The Bertz CT molecular complexity index is 463. The Morgan fingerprint density at radius 2 is 2.17 bits per heavy atom. The van der Waals surface area contributed by atoms with Crippen molar-refractivity contribution in [1.82, 2.24) is 5.32 Å². The van der Waals surface area contributed by atoms with E-state index < -0.39 is 11.4 Å². The van der Waals surface area contributed by atoms with Gasteiger partial charge in [-0.15, -0.1) is 11.3 Å². The van der Waals surface area contributed by atoms with Crippen LogP contribution in [-0.2, 0) is 11.2 Å². The van der Waals surface area contributed by atoms with Gasteiger partial charge in [0.05, 0.1) is 10.3 Å². The maximum atomic E-state index is 11.9. The van der Waals surface area contributed by atoms with E-state index in [0.717, 1.165) is 17.7 Å². The molecule has 1 aliphatic carbocycles. The normalized spacial score (nSPS) is 16.9. The van der Waals surface area contributed by atoms with Crippen LogP contribution < -0.4 is 5.32 Å². The van der Waals surface area contributed by atoms with Crippen LogP contribution in [0.1, 0.15) is 40.7 Å². The standard InChI is InChI=1S/C13H17NO3S/c1-2-9-4-5-10(18-9)11(15)14-8-13(12(16)17)6-3-7-13/h4-5H,2-3,6-8H2,1H3,(H,14,15)(H,16,17). The van der Waals surface area contributed by atoms with Gasteiger partial charge in [0.2, 0.25) is 0 Å². The number of aliphatic carboxylic acids is 1. The summed E-state index contributed by atoms with van der Waals surface area (Å²) in [7, 11) is 0. The molecular formula is C13H17NO3S. The van der Waals surface area contributed by atoms with Gasteiger partial charge in [-0.05, 0) is 31.4 Å². The summed E-state index contributed by atoms with van der Waals surface area (Å²) in [6, 6.07) is 3.74. The molecule has 0 atom stereocenters. The van der Waals surface area contributed by atoms with Gasteiger partial charge in [0.1, 0.15) is 0 Å². The number of rotatable bonds is 5. The fourth-order valence-corrected chi connectivity index (χ4v) is 2.96. The summed E-state index contributed by atoms with van der Waals surface area (Å²) in [4.78, 5) is 24.9. The molecule has 1 heterocycles. The van der Waals surface area contributed by atoms with E-state index >= 15 is 0 Å². The monoisotopic (exact) mass is 267 g/mol. The summed E-state index contributed by atoms with van der Waals surface area (Å²) in [5.41, 5.74) is -0.722. The van der Waals surface area contributed by atoms with E-state index in [-0.39, 0.29) is 12.5 Å². The first-order valence-corrected chi connectivity index (χ1v) is 6.99. The van der Waals surface area contributed by atoms with E-state index in [4.69, 9.17) is 5.11 Å². The number of carbonyl (C=O) groups is 2. The summed E-state index contributed by atoms with van der Waals surface area (Å²) in [5.74, 6) is -0.957. The molecule has 0 aromatic carbocycles. The Hall–Kier alpha value is -1.36. The molecule has 1 aliphatic rings. The lowest BCUT2D eigenvalue weighted by molar-refractivity contribution is -0.153. The highest BCUT2D eigenvalue weighted by Gasteiger charge is 2.44. The molecular weight excluding hydrogens is 250 g/mol. The van der Waals surface area contributed by atoms with Gasteiger partial charge in [-0.25, -0.2) is 0 Å². The van der Waals surface area contributed by atoms with Crippen LogP contribution in [0.4, 0.5) is 0 Å². The third kappa shape index (κ3) is 2.41. The minimum Gasteiger partial charge on any atom is -0.481 e. The molecule has 0 unspecified atom stereocenters. The molecule has 1 fully saturated rings. The number of carbonyl (C=O) groups excluding carboxylic acids is 1.